The lowest BCUT2D eigenvalue weighted by Gasteiger charge is -2.11. The summed E-state index contributed by atoms with van der Waals surface area (Å²) in [6.45, 7) is 5.21. The summed E-state index contributed by atoms with van der Waals surface area (Å²) < 4.78 is 55.8. The molecule has 0 aliphatic rings. The topological polar surface area (TPSA) is 80.1 Å². The molecule has 0 radical (unpaired) electrons. The van der Waals surface area contributed by atoms with E-state index in [1.807, 2.05) is 0 Å². The SMILES string of the molecule is C=C(N=C(Cl)N=CC(C)C(F)(F)F)C(=O)Nc1c(F)cccc1OC(C)=O. The third kappa shape index (κ3) is 7.18. The fourth-order valence-electron chi connectivity index (χ4n) is 1.50. The molecule has 1 aromatic carbocycles. The Bertz CT molecular complexity index is 807. The minimum Gasteiger partial charge on any atom is -0.424 e. The molecule has 27 heavy (non-hydrogen) atoms. The fourth-order valence-corrected chi connectivity index (χ4v) is 1.66. The average Bonchev–Trinajstić information content (AvgIpc) is 2.54. The molecule has 0 fully saturated rings. The van der Waals surface area contributed by atoms with E-state index >= 15 is 0 Å². The first-order chi connectivity index (χ1) is 12.4. The molecule has 0 aliphatic heterocycles. The maximum atomic E-state index is 13.9. The molecule has 1 rings (SSSR count). The molecule has 0 bridgehead atoms. The average molecular weight is 408 g/mol. The van der Waals surface area contributed by atoms with E-state index in [1.54, 1.807) is 0 Å². The van der Waals surface area contributed by atoms with Crippen molar-refractivity contribution in [2.75, 3.05) is 5.32 Å². The van der Waals surface area contributed by atoms with Gasteiger partial charge in [-0.15, -0.1) is 0 Å². The normalized spacial score (nSPS) is 13.4. The largest absolute Gasteiger partial charge is 0.424 e. The summed E-state index contributed by atoms with van der Waals surface area (Å²) in [7, 11) is 0. The molecular weight excluding hydrogens is 394 g/mol. The highest BCUT2D eigenvalue weighted by molar-refractivity contribution is 6.65. The zero-order valence-electron chi connectivity index (χ0n) is 14.1. The second-order valence-electron chi connectivity index (χ2n) is 5.10. The lowest BCUT2D eigenvalue weighted by Crippen LogP contribution is -2.21. The van der Waals surface area contributed by atoms with Crippen LogP contribution in [0, 0.1) is 11.7 Å². The zero-order valence-corrected chi connectivity index (χ0v) is 14.9. The fraction of sp³-hybridized carbons (Fsp3) is 0.250. The highest BCUT2D eigenvalue weighted by Crippen LogP contribution is 2.28. The summed E-state index contributed by atoms with van der Waals surface area (Å²) in [4.78, 5) is 29.8. The van der Waals surface area contributed by atoms with E-state index in [9.17, 15) is 27.2 Å². The molecule has 1 amide bonds. The number of hydrogen-bond donors (Lipinski definition) is 1. The number of anilines is 1. The number of halogens is 5. The van der Waals surface area contributed by atoms with Gasteiger partial charge in [-0.25, -0.2) is 14.4 Å². The number of alkyl halides is 3. The molecular formula is C16H14ClF4N3O3. The van der Waals surface area contributed by atoms with Crippen molar-refractivity contribution in [1.29, 1.82) is 0 Å². The summed E-state index contributed by atoms with van der Waals surface area (Å²) in [5, 5.41) is 1.41. The number of esters is 1. The van der Waals surface area contributed by atoms with E-state index in [0.29, 0.717) is 6.21 Å². The maximum Gasteiger partial charge on any atom is 0.396 e. The molecule has 0 heterocycles. The number of ether oxygens (including phenoxy) is 1. The smallest absolute Gasteiger partial charge is 0.396 e. The summed E-state index contributed by atoms with van der Waals surface area (Å²) in [5.74, 6) is -4.82. The Hall–Kier alpha value is -2.75. The number of nitrogens with zero attached hydrogens (tertiary/aromatic N) is 2. The Balaban J connectivity index is 2.91. The molecule has 0 saturated carbocycles. The van der Waals surface area contributed by atoms with E-state index in [-0.39, 0.29) is 5.75 Å². The van der Waals surface area contributed by atoms with Crippen molar-refractivity contribution in [3.63, 3.8) is 0 Å². The lowest BCUT2D eigenvalue weighted by molar-refractivity contribution is -0.149. The molecule has 1 unspecified atom stereocenters. The molecule has 1 aromatic rings. The van der Waals surface area contributed by atoms with Crippen molar-refractivity contribution in [2.45, 2.75) is 20.0 Å². The van der Waals surface area contributed by atoms with E-state index in [0.717, 1.165) is 19.9 Å². The number of aliphatic imine (C=N–C) groups is 2. The number of rotatable bonds is 5. The van der Waals surface area contributed by atoms with E-state index in [4.69, 9.17) is 16.3 Å². The maximum absolute atomic E-state index is 13.9. The third-order valence-corrected chi connectivity index (χ3v) is 3.06. The quantitative estimate of drug-likeness (QED) is 0.152. The third-order valence-electron chi connectivity index (χ3n) is 2.88. The molecule has 11 heteroatoms. The molecule has 0 spiro atoms. The van der Waals surface area contributed by atoms with Crippen molar-refractivity contribution in [1.82, 2.24) is 0 Å². The van der Waals surface area contributed by atoms with Crippen molar-refractivity contribution >= 4 is 40.7 Å². The lowest BCUT2D eigenvalue weighted by atomic mass is 10.2. The van der Waals surface area contributed by atoms with Crippen LogP contribution in [0.1, 0.15) is 13.8 Å². The summed E-state index contributed by atoms with van der Waals surface area (Å²) in [5.41, 5.74) is -1.01. The van der Waals surface area contributed by atoms with Gasteiger partial charge in [0.15, 0.2) is 11.6 Å². The number of amides is 1. The molecule has 0 aliphatic carbocycles. The van der Waals surface area contributed by atoms with Crippen molar-refractivity contribution in [3.05, 3.63) is 36.3 Å². The number of nitrogens with one attached hydrogen (secondary N) is 1. The highest BCUT2D eigenvalue weighted by Gasteiger charge is 2.34. The first-order valence-electron chi connectivity index (χ1n) is 7.24. The molecule has 1 atom stereocenters. The van der Waals surface area contributed by atoms with Crippen LogP contribution < -0.4 is 10.1 Å². The van der Waals surface area contributed by atoms with E-state index in [1.165, 1.54) is 12.1 Å². The minimum atomic E-state index is -4.51. The Kier molecular flexibility index (Phi) is 7.65. The summed E-state index contributed by atoms with van der Waals surface area (Å²) in [6, 6.07) is 3.50. The number of carbonyl (C=O) groups excluding carboxylic acids is 2. The van der Waals surface area contributed by atoms with Gasteiger partial charge in [-0.3, -0.25) is 9.59 Å². The van der Waals surface area contributed by atoms with Crippen LogP contribution in [-0.4, -0.2) is 29.6 Å². The van der Waals surface area contributed by atoms with Crippen LogP contribution in [0.2, 0.25) is 0 Å². The van der Waals surface area contributed by atoms with Crippen LogP contribution in [0.3, 0.4) is 0 Å². The van der Waals surface area contributed by atoms with Crippen molar-refractivity contribution < 1.29 is 31.9 Å². The Labute approximate surface area is 156 Å². The number of hydrogen-bond acceptors (Lipinski definition) is 4. The van der Waals surface area contributed by atoms with Gasteiger partial charge in [0.25, 0.3) is 5.91 Å². The Morgan fingerprint density at radius 3 is 2.56 bits per heavy atom. The summed E-state index contributed by atoms with van der Waals surface area (Å²) in [6.07, 6.45) is -4.00. The van der Waals surface area contributed by atoms with Gasteiger partial charge in [-0.1, -0.05) is 12.6 Å². The predicted octanol–water partition coefficient (Wildman–Crippen LogP) is 4.07. The van der Waals surface area contributed by atoms with Crippen LogP contribution in [0.15, 0.2) is 40.5 Å². The van der Waals surface area contributed by atoms with Crippen molar-refractivity contribution in [3.8, 4) is 5.75 Å². The van der Waals surface area contributed by atoms with Gasteiger partial charge in [0, 0.05) is 13.1 Å². The number of amidine groups is 1. The second-order valence-corrected chi connectivity index (χ2v) is 5.43. The van der Waals surface area contributed by atoms with Crippen molar-refractivity contribution in [2.24, 2.45) is 15.9 Å². The van der Waals surface area contributed by atoms with Crippen LogP contribution >= 0.6 is 11.6 Å². The van der Waals surface area contributed by atoms with Gasteiger partial charge in [0.2, 0.25) is 5.29 Å². The molecule has 0 aromatic heterocycles. The summed E-state index contributed by atoms with van der Waals surface area (Å²) >= 11 is 5.55. The molecule has 6 nitrogen and oxygen atoms in total. The Morgan fingerprint density at radius 2 is 2.00 bits per heavy atom. The second kappa shape index (κ2) is 9.26. The molecule has 146 valence electrons. The molecule has 0 saturated heterocycles. The van der Waals surface area contributed by atoms with E-state index in [2.05, 4.69) is 21.9 Å². The molecule has 1 N–H and O–H groups in total. The van der Waals surface area contributed by atoms with Gasteiger partial charge in [0.1, 0.15) is 11.4 Å². The standard InChI is InChI=1S/C16H14ClF4N3O3/c1-8(16(19,20)21)7-22-15(17)23-9(2)14(26)24-13-11(18)5-4-6-12(13)27-10(3)25/h4-8H,2H2,1,3H3,(H,24,26). The van der Waals surface area contributed by atoms with Crippen LogP contribution in [0.5, 0.6) is 5.75 Å². The van der Waals surface area contributed by atoms with Gasteiger partial charge in [0.05, 0.1) is 5.92 Å². The monoisotopic (exact) mass is 407 g/mol. The highest BCUT2D eigenvalue weighted by atomic mass is 35.5. The Morgan fingerprint density at radius 1 is 1.37 bits per heavy atom. The number of carbonyl (C=O) groups is 2. The van der Waals surface area contributed by atoms with Gasteiger partial charge in [-0.2, -0.15) is 13.2 Å². The van der Waals surface area contributed by atoms with Crippen LogP contribution in [-0.2, 0) is 9.59 Å². The van der Waals surface area contributed by atoms with Gasteiger partial charge in [-0.05, 0) is 30.7 Å². The van der Waals surface area contributed by atoms with Gasteiger partial charge < -0.3 is 10.1 Å². The first-order valence-corrected chi connectivity index (χ1v) is 7.62. The minimum absolute atomic E-state index is 0.254. The van der Waals surface area contributed by atoms with E-state index < -0.39 is 46.5 Å². The first kappa shape index (κ1) is 22.3. The van der Waals surface area contributed by atoms with Gasteiger partial charge >= 0.3 is 12.1 Å². The zero-order chi connectivity index (χ0) is 20.8. The predicted molar refractivity (Wildman–Crippen MR) is 92.5 cm³/mol. The number of para-hydroxylation sites is 1. The number of benzene rings is 1. The van der Waals surface area contributed by atoms with Crippen LogP contribution in [0.25, 0.3) is 0 Å². The van der Waals surface area contributed by atoms with Crippen LogP contribution in [0.4, 0.5) is 23.2 Å².